The number of nitrogens with two attached hydrogens (primary N) is 1. The van der Waals surface area contributed by atoms with Gasteiger partial charge in [0, 0.05) is 12.6 Å². The summed E-state index contributed by atoms with van der Waals surface area (Å²) in [7, 11) is -2.76. The van der Waals surface area contributed by atoms with Crippen molar-refractivity contribution in [3.05, 3.63) is 29.8 Å². The Kier molecular flexibility index (Phi) is 5.28. The van der Waals surface area contributed by atoms with Crippen molar-refractivity contribution in [1.29, 1.82) is 0 Å². The lowest BCUT2D eigenvalue weighted by molar-refractivity contribution is 0.158. The summed E-state index contributed by atoms with van der Waals surface area (Å²) in [5.74, 6) is 0. The quantitative estimate of drug-likeness (QED) is 0.777. The van der Waals surface area contributed by atoms with Crippen LogP contribution in [0.5, 0.6) is 0 Å². The first-order valence-electron chi connectivity index (χ1n) is 5.61. The third kappa shape index (κ3) is 4.07. The van der Waals surface area contributed by atoms with E-state index in [2.05, 4.69) is 4.74 Å². The first-order valence-corrected chi connectivity index (χ1v) is 7.46. The molecule has 20 heavy (non-hydrogen) atoms. The van der Waals surface area contributed by atoms with E-state index in [0.717, 1.165) is 4.31 Å². The normalized spacial score (nSPS) is 10.7. The lowest BCUT2D eigenvalue weighted by Crippen LogP contribution is -2.41. The predicted molar refractivity (Wildman–Crippen MR) is 79.8 cm³/mol. The Labute approximate surface area is 122 Å². The standard InChI is InChI=1S/C11H15N3O4S2/c1-3-18-11(15)13-20(16,17)14(2)9-6-4-5-8(7-9)10(12)19/h4-7H,3H2,1-2H3,(H2,12,19)(H,13,15). The molecule has 9 heteroatoms. The number of thiocarbonyl (C=S) groups is 1. The highest BCUT2D eigenvalue weighted by Crippen LogP contribution is 2.17. The van der Waals surface area contributed by atoms with Crippen LogP contribution in [-0.2, 0) is 14.9 Å². The van der Waals surface area contributed by atoms with Crippen LogP contribution < -0.4 is 14.8 Å². The van der Waals surface area contributed by atoms with Crippen LogP contribution >= 0.6 is 12.2 Å². The molecular formula is C11H15N3O4S2. The van der Waals surface area contributed by atoms with Crippen LogP contribution in [0.3, 0.4) is 0 Å². The van der Waals surface area contributed by atoms with Gasteiger partial charge < -0.3 is 10.5 Å². The summed E-state index contributed by atoms with van der Waals surface area (Å²) in [6.45, 7) is 1.64. The third-order valence-electron chi connectivity index (χ3n) is 2.34. The van der Waals surface area contributed by atoms with Crippen LogP contribution in [0, 0.1) is 0 Å². The maximum absolute atomic E-state index is 11.9. The fourth-order valence-corrected chi connectivity index (χ4v) is 2.25. The summed E-state index contributed by atoms with van der Waals surface area (Å²) in [5, 5.41) is 0. The number of carbonyl (C=O) groups is 1. The number of rotatable bonds is 5. The van der Waals surface area contributed by atoms with Crippen molar-refractivity contribution in [3.8, 4) is 0 Å². The number of hydrogen-bond donors (Lipinski definition) is 2. The molecule has 0 heterocycles. The molecule has 1 amide bonds. The van der Waals surface area contributed by atoms with Gasteiger partial charge in [0.25, 0.3) is 0 Å². The minimum absolute atomic E-state index is 0.0714. The average Bonchev–Trinajstić information content (AvgIpc) is 2.37. The van der Waals surface area contributed by atoms with E-state index in [9.17, 15) is 13.2 Å². The average molecular weight is 317 g/mol. The number of amides is 1. The van der Waals surface area contributed by atoms with E-state index >= 15 is 0 Å². The summed E-state index contributed by atoms with van der Waals surface area (Å²) in [4.78, 5) is 11.3. The molecule has 0 aromatic heterocycles. The topological polar surface area (TPSA) is 102 Å². The Balaban J connectivity index is 2.98. The number of hydrogen-bond acceptors (Lipinski definition) is 5. The van der Waals surface area contributed by atoms with Crippen LogP contribution in [0.1, 0.15) is 12.5 Å². The highest BCUT2D eigenvalue weighted by atomic mass is 32.2. The molecular weight excluding hydrogens is 302 g/mol. The molecule has 0 saturated heterocycles. The number of carbonyl (C=O) groups excluding carboxylic acids is 1. The van der Waals surface area contributed by atoms with Gasteiger partial charge in [-0.25, -0.2) is 9.52 Å². The van der Waals surface area contributed by atoms with E-state index in [0.29, 0.717) is 11.3 Å². The Morgan fingerprint density at radius 1 is 1.50 bits per heavy atom. The molecule has 0 unspecified atom stereocenters. The van der Waals surface area contributed by atoms with Gasteiger partial charge in [0.05, 0.1) is 12.3 Å². The van der Waals surface area contributed by atoms with Crippen LogP contribution in [0.15, 0.2) is 24.3 Å². The van der Waals surface area contributed by atoms with Gasteiger partial charge in [-0.2, -0.15) is 8.42 Å². The predicted octanol–water partition coefficient (Wildman–Crippen LogP) is 0.748. The fraction of sp³-hybridized carbons (Fsp3) is 0.273. The monoisotopic (exact) mass is 317 g/mol. The number of anilines is 1. The maximum Gasteiger partial charge on any atom is 0.422 e. The summed E-state index contributed by atoms with van der Waals surface area (Å²) < 4.78 is 31.1. The molecule has 0 aliphatic heterocycles. The van der Waals surface area contributed by atoms with E-state index in [1.165, 1.54) is 13.1 Å². The van der Waals surface area contributed by atoms with Gasteiger partial charge in [0.1, 0.15) is 4.99 Å². The molecule has 110 valence electrons. The SMILES string of the molecule is CCOC(=O)NS(=O)(=O)N(C)c1cccc(C(N)=S)c1. The van der Waals surface area contributed by atoms with Crippen molar-refractivity contribution >= 4 is 39.2 Å². The van der Waals surface area contributed by atoms with Crippen LogP contribution in [-0.4, -0.2) is 33.2 Å². The van der Waals surface area contributed by atoms with Gasteiger partial charge in [-0.15, -0.1) is 0 Å². The van der Waals surface area contributed by atoms with E-state index in [1.54, 1.807) is 29.8 Å². The van der Waals surface area contributed by atoms with Crippen LogP contribution in [0.2, 0.25) is 0 Å². The second-order valence-electron chi connectivity index (χ2n) is 3.71. The highest BCUT2D eigenvalue weighted by molar-refractivity contribution is 7.91. The third-order valence-corrected chi connectivity index (χ3v) is 3.93. The summed E-state index contributed by atoms with van der Waals surface area (Å²) in [6.07, 6.45) is -1.04. The minimum atomic E-state index is -4.05. The van der Waals surface area contributed by atoms with Gasteiger partial charge >= 0.3 is 16.3 Å². The summed E-state index contributed by atoms with van der Waals surface area (Å²) in [5.41, 5.74) is 6.32. The molecule has 3 N–H and O–H groups in total. The Hall–Kier alpha value is -1.87. The van der Waals surface area contributed by atoms with E-state index in [4.69, 9.17) is 18.0 Å². The molecule has 0 fully saturated rings. The largest absolute Gasteiger partial charge is 0.449 e. The Morgan fingerprint density at radius 3 is 2.70 bits per heavy atom. The van der Waals surface area contributed by atoms with E-state index < -0.39 is 16.3 Å². The maximum atomic E-state index is 11.9. The van der Waals surface area contributed by atoms with Crippen molar-refractivity contribution in [1.82, 2.24) is 4.72 Å². The zero-order chi connectivity index (χ0) is 15.3. The molecule has 0 aliphatic rings. The second kappa shape index (κ2) is 6.53. The molecule has 1 rings (SSSR count). The number of ether oxygens (including phenoxy) is 1. The zero-order valence-electron chi connectivity index (χ0n) is 11.0. The second-order valence-corrected chi connectivity index (χ2v) is 5.85. The van der Waals surface area contributed by atoms with Crippen molar-refractivity contribution < 1.29 is 17.9 Å². The van der Waals surface area contributed by atoms with Crippen LogP contribution in [0.25, 0.3) is 0 Å². The van der Waals surface area contributed by atoms with E-state index in [-0.39, 0.29) is 11.6 Å². The van der Waals surface area contributed by atoms with Gasteiger partial charge in [0.2, 0.25) is 0 Å². The van der Waals surface area contributed by atoms with Crippen molar-refractivity contribution in [3.63, 3.8) is 0 Å². The molecule has 0 saturated carbocycles. The zero-order valence-corrected chi connectivity index (χ0v) is 12.6. The molecule has 0 aliphatic carbocycles. The minimum Gasteiger partial charge on any atom is -0.449 e. The van der Waals surface area contributed by atoms with E-state index in [1.807, 2.05) is 0 Å². The van der Waals surface area contributed by atoms with Gasteiger partial charge in [-0.3, -0.25) is 4.31 Å². The van der Waals surface area contributed by atoms with Crippen molar-refractivity contribution in [2.24, 2.45) is 5.73 Å². The lowest BCUT2D eigenvalue weighted by atomic mass is 10.2. The Bertz CT molecular complexity index is 616. The first-order chi connectivity index (χ1) is 9.27. The smallest absolute Gasteiger partial charge is 0.422 e. The summed E-state index contributed by atoms with van der Waals surface area (Å²) >= 11 is 4.83. The molecule has 0 bridgehead atoms. The summed E-state index contributed by atoms with van der Waals surface area (Å²) in [6, 6.07) is 6.32. The van der Waals surface area contributed by atoms with Crippen LogP contribution in [0.4, 0.5) is 10.5 Å². The molecule has 0 atom stereocenters. The molecule has 0 radical (unpaired) electrons. The highest BCUT2D eigenvalue weighted by Gasteiger charge is 2.21. The molecule has 1 aromatic carbocycles. The fourth-order valence-electron chi connectivity index (χ4n) is 1.33. The van der Waals surface area contributed by atoms with Gasteiger partial charge in [0.15, 0.2) is 0 Å². The Morgan fingerprint density at radius 2 is 2.15 bits per heavy atom. The molecule has 7 nitrogen and oxygen atoms in total. The number of nitrogens with zero attached hydrogens (tertiary/aromatic N) is 1. The first kappa shape index (κ1) is 16.2. The van der Waals surface area contributed by atoms with Gasteiger partial charge in [-0.1, -0.05) is 24.4 Å². The number of nitrogens with one attached hydrogen (secondary N) is 1. The van der Waals surface area contributed by atoms with Crippen molar-refractivity contribution in [2.45, 2.75) is 6.92 Å². The van der Waals surface area contributed by atoms with Crippen molar-refractivity contribution in [2.75, 3.05) is 18.0 Å². The lowest BCUT2D eigenvalue weighted by Gasteiger charge is -2.19. The number of benzene rings is 1. The molecule has 1 aromatic rings. The van der Waals surface area contributed by atoms with Gasteiger partial charge in [-0.05, 0) is 19.1 Å². The molecule has 0 spiro atoms.